The zero-order valence-electron chi connectivity index (χ0n) is 13.4. The number of aromatic nitrogens is 5. The van der Waals surface area contributed by atoms with Gasteiger partial charge in [0.05, 0.1) is 5.75 Å². The maximum absolute atomic E-state index is 5.14. The number of hydrogen-bond donors (Lipinski definition) is 1. The molecule has 1 N–H and O–H groups in total. The molecule has 7 nitrogen and oxygen atoms in total. The van der Waals surface area contributed by atoms with Crippen LogP contribution in [-0.4, -0.2) is 38.0 Å². The second-order valence-electron chi connectivity index (χ2n) is 5.51. The largest absolute Gasteiger partial charge is 0.339 e. The summed E-state index contributed by atoms with van der Waals surface area (Å²) in [5.41, 5.74) is 0. The number of thioether (sulfide) groups is 1. The summed E-state index contributed by atoms with van der Waals surface area (Å²) in [6.45, 7) is 8.65. The van der Waals surface area contributed by atoms with Gasteiger partial charge in [-0.15, -0.1) is 16.8 Å². The van der Waals surface area contributed by atoms with Gasteiger partial charge in [-0.3, -0.25) is 0 Å². The molecule has 0 aromatic carbocycles. The van der Waals surface area contributed by atoms with Crippen molar-refractivity contribution in [2.45, 2.75) is 49.6 Å². The fourth-order valence-electron chi connectivity index (χ4n) is 2.71. The van der Waals surface area contributed by atoms with Crippen molar-refractivity contribution >= 4 is 11.8 Å². The third kappa shape index (κ3) is 3.81. The molecule has 0 atom stereocenters. The fraction of sp³-hybridized carbons (Fsp3) is 0.600. The second kappa shape index (κ2) is 7.74. The highest BCUT2D eigenvalue weighted by molar-refractivity contribution is 7.98. The molecule has 0 spiro atoms. The number of allylic oxidation sites excluding steroid dienone is 1. The van der Waals surface area contributed by atoms with Gasteiger partial charge in [0.15, 0.2) is 11.0 Å². The van der Waals surface area contributed by atoms with Gasteiger partial charge in [-0.25, -0.2) is 0 Å². The lowest BCUT2D eigenvalue weighted by molar-refractivity contribution is 0.378. The van der Waals surface area contributed by atoms with E-state index in [9.17, 15) is 0 Å². The van der Waals surface area contributed by atoms with Crippen LogP contribution in [0.1, 0.15) is 43.2 Å². The molecule has 1 saturated heterocycles. The summed E-state index contributed by atoms with van der Waals surface area (Å²) in [6, 6.07) is 0. The molecule has 8 heteroatoms. The van der Waals surface area contributed by atoms with Gasteiger partial charge in [0.2, 0.25) is 5.89 Å². The van der Waals surface area contributed by atoms with Crippen molar-refractivity contribution in [3.05, 3.63) is 30.2 Å². The summed E-state index contributed by atoms with van der Waals surface area (Å²) in [6.07, 6.45) is 4.85. The van der Waals surface area contributed by atoms with E-state index in [0.29, 0.717) is 23.4 Å². The zero-order chi connectivity index (χ0) is 16.1. The van der Waals surface area contributed by atoms with Crippen LogP contribution in [0.4, 0.5) is 0 Å². The van der Waals surface area contributed by atoms with Crippen molar-refractivity contribution in [2.24, 2.45) is 0 Å². The van der Waals surface area contributed by atoms with Gasteiger partial charge in [-0.1, -0.05) is 29.9 Å². The Morgan fingerprint density at radius 1 is 1.39 bits per heavy atom. The molecule has 0 bridgehead atoms. The quantitative estimate of drug-likeness (QED) is 0.614. The normalized spacial score (nSPS) is 15.9. The number of nitrogens with zero attached hydrogens (tertiary/aromatic N) is 5. The van der Waals surface area contributed by atoms with Crippen molar-refractivity contribution in [1.82, 2.24) is 30.2 Å². The molecule has 1 fully saturated rings. The summed E-state index contributed by atoms with van der Waals surface area (Å²) in [4.78, 5) is 4.33. The summed E-state index contributed by atoms with van der Waals surface area (Å²) in [5.74, 6) is 3.53. The summed E-state index contributed by atoms with van der Waals surface area (Å²) >= 11 is 1.59. The Hall–Kier alpha value is -1.67. The van der Waals surface area contributed by atoms with Crippen LogP contribution < -0.4 is 5.32 Å². The third-order valence-corrected chi connectivity index (χ3v) is 4.87. The van der Waals surface area contributed by atoms with Crippen LogP contribution >= 0.6 is 11.8 Å². The molecule has 3 heterocycles. The van der Waals surface area contributed by atoms with Crippen molar-refractivity contribution in [3.8, 4) is 0 Å². The highest BCUT2D eigenvalue weighted by Crippen LogP contribution is 2.28. The van der Waals surface area contributed by atoms with E-state index in [1.807, 2.05) is 13.0 Å². The third-order valence-electron chi connectivity index (χ3n) is 3.90. The topological polar surface area (TPSA) is 81.7 Å². The van der Waals surface area contributed by atoms with Crippen molar-refractivity contribution in [1.29, 1.82) is 0 Å². The molecule has 0 saturated carbocycles. The highest BCUT2D eigenvalue weighted by atomic mass is 32.2. The smallest absolute Gasteiger partial charge is 0.226 e. The predicted octanol–water partition coefficient (Wildman–Crippen LogP) is 2.17. The van der Waals surface area contributed by atoms with Crippen LogP contribution in [0.5, 0.6) is 0 Å². The molecule has 3 rings (SSSR count). The minimum absolute atomic E-state index is 0.468. The van der Waals surface area contributed by atoms with E-state index >= 15 is 0 Å². The Morgan fingerprint density at radius 2 is 2.22 bits per heavy atom. The first kappa shape index (κ1) is 16.2. The number of nitrogens with one attached hydrogen (secondary N) is 1. The standard InChI is InChI=1S/C15H22N6OS/c1-3-9-21-14(11-5-7-16-8-6-11)18-19-15(21)23-10-12-17-13(4-2)22-20-12/h3,11,16H,1,4-10H2,2H3. The fourth-order valence-corrected chi connectivity index (χ4v) is 3.51. The Kier molecular flexibility index (Phi) is 5.45. The summed E-state index contributed by atoms with van der Waals surface area (Å²) in [7, 11) is 0. The van der Waals surface area contributed by atoms with E-state index in [1.54, 1.807) is 11.8 Å². The van der Waals surface area contributed by atoms with Crippen molar-refractivity contribution in [3.63, 3.8) is 0 Å². The first-order chi connectivity index (χ1) is 11.3. The second-order valence-corrected chi connectivity index (χ2v) is 6.45. The Morgan fingerprint density at radius 3 is 2.91 bits per heavy atom. The van der Waals surface area contributed by atoms with Crippen LogP contribution in [0.3, 0.4) is 0 Å². The Bertz CT molecular complexity index is 646. The number of rotatable bonds is 7. The molecule has 124 valence electrons. The van der Waals surface area contributed by atoms with E-state index in [2.05, 4.69) is 36.8 Å². The molecule has 0 aliphatic carbocycles. The van der Waals surface area contributed by atoms with Gasteiger partial charge in [0.1, 0.15) is 5.82 Å². The predicted molar refractivity (Wildman–Crippen MR) is 88.3 cm³/mol. The highest BCUT2D eigenvalue weighted by Gasteiger charge is 2.23. The molecule has 2 aromatic heterocycles. The van der Waals surface area contributed by atoms with E-state index < -0.39 is 0 Å². The van der Waals surface area contributed by atoms with E-state index in [4.69, 9.17) is 4.52 Å². The molecule has 0 amide bonds. The Labute approximate surface area is 139 Å². The molecule has 1 aliphatic heterocycles. The van der Waals surface area contributed by atoms with Gasteiger partial charge in [0.25, 0.3) is 0 Å². The molecule has 23 heavy (non-hydrogen) atoms. The number of hydrogen-bond acceptors (Lipinski definition) is 7. The van der Waals surface area contributed by atoms with Crippen LogP contribution in [0, 0.1) is 0 Å². The first-order valence-electron chi connectivity index (χ1n) is 8.00. The monoisotopic (exact) mass is 334 g/mol. The minimum Gasteiger partial charge on any atom is -0.339 e. The van der Waals surface area contributed by atoms with Gasteiger partial charge in [0, 0.05) is 18.9 Å². The van der Waals surface area contributed by atoms with Gasteiger partial charge in [-0.2, -0.15) is 4.98 Å². The lowest BCUT2D eigenvalue weighted by atomic mass is 9.97. The summed E-state index contributed by atoms with van der Waals surface area (Å²) < 4.78 is 7.30. The van der Waals surface area contributed by atoms with Gasteiger partial charge < -0.3 is 14.4 Å². The van der Waals surface area contributed by atoms with Crippen molar-refractivity contribution < 1.29 is 4.52 Å². The van der Waals surface area contributed by atoms with E-state index in [0.717, 1.165) is 49.9 Å². The average Bonchev–Trinajstić information content (AvgIpc) is 3.21. The van der Waals surface area contributed by atoms with Crippen LogP contribution in [0.25, 0.3) is 0 Å². The molecule has 0 unspecified atom stereocenters. The number of piperidine rings is 1. The number of aryl methyl sites for hydroxylation is 1. The van der Waals surface area contributed by atoms with Crippen molar-refractivity contribution in [2.75, 3.05) is 13.1 Å². The maximum Gasteiger partial charge on any atom is 0.226 e. The average molecular weight is 334 g/mol. The molecular formula is C15H22N6OS. The SMILES string of the molecule is C=CCn1c(SCc2noc(CC)n2)nnc1C1CCNCC1. The van der Waals surface area contributed by atoms with Gasteiger partial charge in [-0.05, 0) is 25.9 Å². The molecule has 1 aliphatic rings. The zero-order valence-corrected chi connectivity index (χ0v) is 14.2. The Balaban J connectivity index is 1.72. The lowest BCUT2D eigenvalue weighted by Gasteiger charge is -2.22. The van der Waals surface area contributed by atoms with E-state index in [1.165, 1.54) is 0 Å². The van der Waals surface area contributed by atoms with Gasteiger partial charge >= 0.3 is 0 Å². The van der Waals surface area contributed by atoms with Crippen LogP contribution in [0.2, 0.25) is 0 Å². The maximum atomic E-state index is 5.14. The molecular weight excluding hydrogens is 312 g/mol. The van der Waals surface area contributed by atoms with Crippen LogP contribution in [0.15, 0.2) is 22.3 Å². The lowest BCUT2D eigenvalue weighted by Crippen LogP contribution is -2.28. The molecule has 0 radical (unpaired) electrons. The van der Waals surface area contributed by atoms with E-state index in [-0.39, 0.29) is 0 Å². The summed E-state index contributed by atoms with van der Waals surface area (Å²) in [5, 5.41) is 17.1. The van der Waals surface area contributed by atoms with Crippen LogP contribution in [-0.2, 0) is 18.7 Å². The first-order valence-corrected chi connectivity index (χ1v) is 8.99. The minimum atomic E-state index is 0.468. The molecule has 2 aromatic rings.